The summed E-state index contributed by atoms with van der Waals surface area (Å²) < 4.78 is 127. The van der Waals surface area contributed by atoms with Gasteiger partial charge in [-0.05, 0) is 38.1 Å². The Balaban J connectivity index is 1.13. The van der Waals surface area contributed by atoms with Gasteiger partial charge in [0.1, 0.15) is 47.7 Å². The first-order valence-electron chi connectivity index (χ1n) is 25.6. The molecule has 0 radical (unpaired) electrons. The first-order chi connectivity index (χ1) is 38.4. The van der Waals surface area contributed by atoms with Gasteiger partial charge < -0.3 is 47.9 Å². The van der Waals surface area contributed by atoms with Crippen LogP contribution in [-0.2, 0) is 19.1 Å². The number of pyridine rings is 2. The average molecular weight is 1170 g/mol. The van der Waals surface area contributed by atoms with Crippen molar-refractivity contribution in [3.8, 4) is 23.3 Å². The Kier molecular flexibility index (Phi) is 21.0. The predicted octanol–water partition coefficient (Wildman–Crippen LogP) is 7.44. The summed E-state index contributed by atoms with van der Waals surface area (Å²) in [5, 5.41) is 6.56. The number of rotatable bonds is 27. The molecule has 0 bridgehead atoms. The van der Waals surface area contributed by atoms with Gasteiger partial charge in [0, 0.05) is 115 Å². The lowest BCUT2D eigenvalue weighted by Crippen LogP contribution is -2.66. The van der Waals surface area contributed by atoms with Crippen LogP contribution in [0.1, 0.15) is 11.4 Å². The van der Waals surface area contributed by atoms with Gasteiger partial charge in [0.25, 0.3) is 10.4 Å². The number of methoxy groups -OCH3 is 2. The number of hydrogen-bond donors (Lipinski definition) is 2. The fraction of sp³-hybridized carbons (Fsp3) is 0.500. The van der Waals surface area contributed by atoms with Crippen molar-refractivity contribution in [2.75, 3.05) is 141 Å². The zero-order chi connectivity index (χ0) is 56.8. The number of aryl methyl sites for hydroxylation is 2. The molecule has 8 rings (SSSR count). The molecule has 434 valence electrons. The summed E-state index contributed by atoms with van der Waals surface area (Å²) in [4.78, 5) is 57.2. The molecule has 2 fully saturated rings. The molecule has 6 aromatic rings. The van der Waals surface area contributed by atoms with Crippen LogP contribution in [0.2, 0.25) is 0 Å². The maximum absolute atomic E-state index is 15.6. The summed E-state index contributed by atoms with van der Waals surface area (Å²) in [5.41, 5.74) is 2.53. The van der Waals surface area contributed by atoms with Crippen LogP contribution in [0.25, 0.3) is 22.2 Å². The topological polar surface area (TPSA) is 204 Å². The van der Waals surface area contributed by atoms with Crippen molar-refractivity contribution in [3.05, 3.63) is 72.1 Å². The van der Waals surface area contributed by atoms with Crippen LogP contribution in [0.5, 0.6) is 23.3 Å². The number of nitrogens with one attached hydrogen (secondary N) is 2. The lowest BCUT2D eigenvalue weighted by Gasteiger charge is -2.46. The lowest BCUT2D eigenvalue weighted by molar-refractivity contribution is -0.154. The molecule has 2 unspecified atom stereocenters. The number of anilines is 2. The van der Waals surface area contributed by atoms with Crippen LogP contribution in [0.4, 0.5) is 37.7 Å². The van der Waals surface area contributed by atoms with Crippen molar-refractivity contribution in [1.29, 1.82) is 0 Å². The largest absolute Gasteiger partial charge is 0.482 e. The molecule has 2 atom stereocenters. The van der Waals surface area contributed by atoms with Crippen molar-refractivity contribution in [2.24, 2.45) is 0 Å². The summed E-state index contributed by atoms with van der Waals surface area (Å²) in [5.74, 6) is -1.86. The monoisotopic (exact) mass is 1160 g/mol. The summed E-state index contributed by atoms with van der Waals surface area (Å²) in [6.45, 7) is 3.07. The van der Waals surface area contributed by atoms with Gasteiger partial charge >= 0.3 is 12.4 Å². The number of fused-ring (bicyclic) bond motifs is 2. The Morgan fingerprint density at radius 1 is 0.575 bits per heavy atom. The number of amides is 2. The summed E-state index contributed by atoms with van der Waals surface area (Å²) in [7, 11) is 2.84. The molecule has 0 spiro atoms. The fourth-order valence-electron chi connectivity index (χ4n) is 8.95. The number of benzene rings is 2. The zero-order valence-electron chi connectivity index (χ0n) is 44.4. The normalized spacial score (nSPS) is 16.0. The zero-order valence-corrected chi connectivity index (χ0v) is 46.0. The first-order valence-corrected chi connectivity index (χ1v) is 27.6. The van der Waals surface area contributed by atoms with E-state index in [0.29, 0.717) is 72.4 Å². The van der Waals surface area contributed by atoms with Crippen LogP contribution in [0.15, 0.2) is 79.9 Å². The van der Waals surface area contributed by atoms with Gasteiger partial charge in [-0.2, -0.15) is 26.3 Å². The molecule has 2 N–H and O–H groups in total. The smallest absolute Gasteiger partial charge is 0.422 e. The highest BCUT2D eigenvalue weighted by molar-refractivity contribution is 7.99. The number of carbonyl (C=O) groups is 2. The third-order valence-corrected chi connectivity index (χ3v) is 14.4. The van der Waals surface area contributed by atoms with E-state index in [-0.39, 0.29) is 87.1 Å². The van der Waals surface area contributed by atoms with Gasteiger partial charge in [0.2, 0.25) is 23.6 Å². The lowest BCUT2D eigenvalue weighted by atomic mass is 9.99. The second-order valence-corrected chi connectivity index (χ2v) is 20.7. The molecule has 2 saturated heterocycles. The maximum atomic E-state index is 15.6. The highest BCUT2D eigenvalue weighted by atomic mass is 32.2. The van der Waals surface area contributed by atoms with Gasteiger partial charge in [-0.15, -0.1) is 0 Å². The number of oxazole rings is 2. The molecule has 28 heteroatoms. The number of carbonyl (C=O) groups excluding carboxylic acids is 2. The van der Waals surface area contributed by atoms with E-state index in [1.165, 1.54) is 63.7 Å². The summed E-state index contributed by atoms with van der Waals surface area (Å²) in [6.07, 6.45) is -9.57. The Labute approximate surface area is 465 Å². The third kappa shape index (κ3) is 17.0. The minimum Gasteiger partial charge on any atom is -0.482 e. The van der Waals surface area contributed by atoms with Gasteiger partial charge in [-0.25, -0.2) is 19.9 Å². The van der Waals surface area contributed by atoms with Crippen molar-refractivity contribution in [1.82, 2.24) is 39.5 Å². The first kappa shape index (κ1) is 60.0. The standard InChI is InChI=1S/C52H62F6N10O10S2/c1-33-29-39(75-31-51(53,54)55)41(47(59-33)73-25-23-71-3)63-45(69)43(67-17-13-65(14-18-67)21-27-79-49-61-35-9-5-7-11-37(35)77-49)44(68-19-15-66(16-20-68)22-28-80-50-62-36-10-6-8-12-38(36)78-50)46(70)64-42-40(76-32-52(56,57)58)30-34(2)60-48(42)74-26-24-72-4/h5-12,29-30,43-44H,13-28,31-32H2,1-4H3,(H,63,69)(H,64,70). The van der Waals surface area contributed by atoms with E-state index in [1.807, 2.05) is 48.5 Å². The van der Waals surface area contributed by atoms with E-state index in [1.54, 1.807) is 9.80 Å². The molecule has 2 aliphatic heterocycles. The van der Waals surface area contributed by atoms with E-state index in [9.17, 15) is 26.3 Å². The highest BCUT2D eigenvalue weighted by Crippen LogP contribution is 2.38. The van der Waals surface area contributed by atoms with Crippen molar-refractivity contribution in [2.45, 2.75) is 48.7 Å². The molecule has 2 aliphatic rings. The minimum absolute atomic E-state index is 0.0470. The second kappa shape index (κ2) is 28.0. The van der Waals surface area contributed by atoms with Crippen LogP contribution in [0.3, 0.4) is 0 Å². The molecular weight excluding hydrogens is 1100 g/mol. The van der Waals surface area contributed by atoms with Crippen molar-refractivity contribution in [3.63, 3.8) is 0 Å². The quantitative estimate of drug-likeness (QED) is 0.0292. The third-order valence-electron chi connectivity index (χ3n) is 12.7. The SMILES string of the molecule is COCCOc1nc(C)cc(OCC(F)(F)F)c1NC(=O)C(C(C(=O)Nc1c(OCC(F)(F)F)cc(C)nc1OCCOC)N1CCN(CCSc2nc3ccccc3o2)CC1)N1CCN(CCSc2nc3ccccc3o2)CC1. The van der Waals surface area contributed by atoms with E-state index in [4.69, 9.17) is 37.3 Å². The molecule has 20 nitrogen and oxygen atoms in total. The van der Waals surface area contributed by atoms with Crippen molar-refractivity contribution >= 4 is 68.9 Å². The van der Waals surface area contributed by atoms with Gasteiger partial charge in [-0.3, -0.25) is 29.2 Å². The van der Waals surface area contributed by atoms with Crippen LogP contribution >= 0.6 is 23.5 Å². The summed E-state index contributed by atoms with van der Waals surface area (Å²) in [6, 6.07) is 14.4. The number of aromatic nitrogens is 4. The Hall–Kier alpha value is -6.14. The van der Waals surface area contributed by atoms with Crippen molar-refractivity contribution < 1.29 is 73.2 Å². The molecule has 6 heterocycles. The number of hydrogen-bond acceptors (Lipinski definition) is 20. The van der Waals surface area contributed by atoms with E-state index < -0.39 is 61.0 Å². The van der Waals surface area contributed by atoms with Crippen LogP contribution < -0.4 is 29.6 Å². The van der Waals surface area contributed by atoms with Gasteiger partial charge in [0.05, 0.1) is 13.2 Å². The van der Waals surface area contributed by atoms with E-state index in [2.05, 4.69) is 40.4 Å². The Morgan fingerprint density at radius 2 is 0.963 bits per heavy atom. The molecule has 2 aromatic carbocycles. The van der Waals surface area contributed by atoms with Crippen LogP contribution in [0, 0.1) is 13.8 Å². The number of alkyl halides is 6. The van der Waals surface area contributed by atoms with E-state index in [0.717, 1.165) is 11.0 Å². The molecule has 80 heavy (non-hydrogen) atoms. The molecule has 4 aromatic heterocycles. The number of para-hydroxylation sites is 4. The molecule has 2 amide bonds. The predicted molar refractivity (Wildman–Crippen MR) is 286 cm³/mol. The molecule has 0 saturated carbocycles. The summed E-state index contributed by atoms with van der Waals surface area (Å²) >= 11 is 2.89. The number of nitrogens with zero attached hydrogens (tertiary/aromatic N) is 8. The van der Waals surface area contributed by atoms with Gasteiger partial charge in [-0.1, -0.05) is 47.8 Å². The van der Waals surface area contributed by atoms with E-state index >= 15 is 9.59 Å². The fourth-order valence-corrected chi connectivity index (χ4v) is 10.6. The average Bonchev–Trinajstić information content (AvgIpc) is 4.04. The number of piperazine rings is 2. The number of thioether (sulfide) groups is 2. The van der Waals surface area contributed by atoms with Crippen LogP contribution in [-0.4, -0.2) is 207 Å². The Bertz CT molecular complexity index is 2730. The maximum Gasteiger partial charge on any atom is 0.422 e. The second-order valence-electron chi connectivity index (χ2n) is 18.6. The molecule has 0 aliphatic carbocycles. The highest BCUT2D eigenvalue weighted by Gasteiger charge is 2.45. The minimum atomic E-state index is -4.78. The molecular formula is C52H62F6N10O10S2. The van der Waals surface area contributed by atoms with Gasteiger partial charge in [0.15, 0.2) is 35.9 Å². The Morgan fingerprint density at radius 3 is 1.32 bits per heavy atom. The number of ether oxygens (including phenoxy) is 6. The number of halogens is 6.